The lowest BCUT2D eigenvalue weighted by atomic mass is 10.1. The van der Waals surface area contributed by atoms with Gasteiger partial charge in [-0.2, -0.15) is 0 Å². The molecule has 1 aliphatic heterocycles. The van der Waals surface area contributed by atoms with Crippen LogP contribution in [-0.4, -0.2) is 13.1 Å². The third kappa shape index (κ3) is 3.35. The Kier molecular flexibility index (Phi) is 4.09. The highest BCUT2D eigenvalue weighted by atomic mass is 19.1. The Morgan fingerprint density at radius 2 is 1.76 bits per heavy atom. The molecular formula is C18H21FN2. The SMILES string of the molecule is Cc1ccc(F)cc1CNc1ccc(N2CCCC2)cc1. The molecule has 0 bridgehead atoms. The highest BCUT2D eigenvalue weighted by Gasteiger charge is 2.11. The molecule has 3 heteroatoms. The maximum atomic E-state index is 13.3. The number of nitrogens with one attached hydrogen (secondary N) is 1. The molecule has 3 rings (SSSR count). The van der Waals surface area contributed by atoms with Gasteiger partial charge >= 0.3 is 0 Å². The van der Waals surface area contributed by atoms with Crippen LogP contribution in [0.3, 0.4) is 0 Å². The zero-order chi connectivity index (χ0) is 14.7. The zero-order valence-corrected chi connectivity index (χ0v) is 12.4. The molecule has 1 N–H and O–H groups in total. The Labute approximate surface area is 125 Å². The second kappa shape index (κ2) is 6.17. The summed E-state index contributed by atoms with van der Waals surface area (Å²) in [5, 5.41) is 3.36. The fraction of sp³-hybridized carbons (Fsp3) is 0.333. The van der Waals surface area contributed by atoms with Crippen molar-refractivity contribution in [3.8, 4) is 0 Å². The number of halogens is 1. The Morgan fingerprint density at radius 3 is 2.48 bits per heavy atom. The van der Waals surface area contributed by atoms with E-state index in [9.17, 15) is 4.39 Å². The lowest BCUT2D eigenvalue weighted by molar-refractivity contribution is 0.625. The molecule has 1 fully saturated rings. The molecule has 2 aromatic rings. The minimum absolute atomic E-state index is 0.179. The summed E-state index contributed by atoms with van der Waals surface area (Å²) in [7, 11) is 0. The maximum Gasteiger partial charge on any atom is 0.123 e. The molecule has 0 unspecified atom stereocenters. The van der Waals surface area contributed by atoms with E-state index in [0.29, 0.717) is 6.54 Å². The van der Waals surface area contributed by atoms with Gasteiger partial charge in [0.1, 0.15) is 5.82 Å². The van der Waals surface area contributed by atoms with Gasteiger partial charge in [-0.05, 0) is 67.3 Å². The first-order chi connectivity index (χ1) is 10.2. The van der Waals surface area contributed by atoms with E-state index in [1.54, 1.807) is 6.07 Å². The first-order valence-electron chi connectivity index (χ1n) is 7.56. The largest absolute Gasteiger partial charge is 0.381 e. The van der Waals surface area contributed by atoms with Crippen molar-refractivity contribution in [2.45, 2.75) is 26.3 Å². The van der Waals surface area contributed by atoms with Crippen LogP contribution in [0.5, 0.6) is 0 Å². The van der Waals surface area contributed by atoms with Crippen molar-refractivity contribution in [1.29, 1.82) is 0 Å². The number of anilines is 2. The van der Waals surface area contributed by atoms with Gasteiger partial charge < -0.3 is 10.2 Å². The molecule has 21 heavy (non-hydrogen) atoms. The number of benzene rings is 2. The molecule has 2 aromatic carbocycles. The summed E-state index contributed by atoms with van der Waals surface area (Å²) in [5.41, 5.74) is 4.47. The van der Waals surface area contributed by atoms with E-state index in [4.69, 9.17) is 0 Å². The van der Waals surface area contributed by atoms with Gasteiger partial charge in [0.2, 0.25) is 0 Å². The second-order valence-corrected chi connectivity index (χ2v) is 5.67. The van der Waals surface area contributed by atoms with E-state index in [1.807, 2.05) is 13.0 Å². The Hall–Kier alpha value is -2.03. The zero-order valence-electron chi connectivity index (χ0n) is 12.4. The van der Waals surface area contributed by atoms with Crippen LogP contribution in [0.15, 0.2) is 42.5 Å². The molecule has 0 amide bonds. The molecule has 0 atom stereocenters. The average molecular weight is 284 g/mol. The molecule has 0 radical (unpaired) electrons. The quantitative estimate of drug-likeness (QED) is 0.898. The van der Waals surface area contributed by atoms with Crippen molar-refractivity contribution in [2.75, 3.05) is 23.3 Å². The van der Waals surface area contributed by atoms with Crippen LogP contribution < -0.4 is 10.2 Å². The van der Waals surface area contributed by atoms with Crippen LogP contribution in [-0.2, 0) is 6.54 Å². The second-order valence-electron chi connectivity index (χ2n) is 5.67. The van der Waals surface area contributed by atoms with Gasteiger partial charge in [-0.3, -0.25) is 0 Å². The van der Waals surface area contributed by atoms with E-state index in [0.717, 1.165) is 29.9 Å². The van der Waals surface area contributed by atoms with Gasteiger partial charge in [-0.1, -0.05) is 6.07 Å². The molecule has 2 nitrogen and oxygen atoms in total. The Bertz CT molecular complexity index is 601. The number of rotatable bonds is 4. The van der Waals surface area contributed by atoms with Gasteiger partial charge in [-0.25, -0.2) is 4.39 Å². The summed E-state index contributed by atoms with van der Waals surface area (Å²) in [6.45, 7) is 4.98. The highest BCUT2D eigenvalue weighted by molar-refractivity contribution is 5.55. The van der Waals surface area contributed by atoms with Crippen LogP contribution in [0.25, 0.3) is 0 Å². The van der Waals surface area contributed by atoms with Crippen molar-refractivity contribution in [3.63, 3.8) is 0 Å². The first kappa shape index (κ1) is 13.9. The lowest BCUT2D eigenvalue weighted by Gasteiger charge is -2.18. The maximum absolute atomic E-state index is 13.3. The molecule has 1 heterocycles. The van der Waals surface area contributed by atoms with E-state index in [1.165, 1.54) is 24.6 Å². The molecule has 0 aromatic heterocycles. The minimum Gasteiger partial charge on any atom is -0.381 e. The Morgan fingerprint density at radius 1 is 1.05 bits per heavy atom. The third-order valence-electron chi connectivity index (χ3n) is 4.13. The molecule has 0 spiro atoms. The van der Waals surface area contributed by atoms with Crippen LogP contribution in [0.1, 0.15) is 24.0 Å². The van der Waals surface area contributed by atoms with Gasteiger partial charge in [0, 0.05) is 31.0 Å². The van der Waals surface area contributed by atoms with Gasteiger partial charge in [0.05, 0.1) is 0 Å². The van der Waals surface area contributed by atoms with Gasteiger partial charge in [0.25, 0.3) is 0 Å². The fourth-order valence-corrected chi connectivity index (χ4v) is 2.79. The van der Waals surface area contributed by atoms with Gasteiger partial charge in [0.15, 0.2) is 0 Å². The molecule has 110 valence electrons. The number of aryl methyl sites for hydroxylation is 1. The monoisotopic (exact) mass is 284 g/mol. The van der Waals surface area contributed by atoms with Crippen molar-refractivity contribution in [2.24, 2.45) is 0 Å². The summed E-state index contributed by atoms with van der Waals surface area (Å²) in [6.07, 6.45) is 2.58. The third-order valence-corrected chi connectivity index (χ3v) is 4.13. The molecule has 1 aliphatic rings. The first-order valence-corrected chi connectivity index (χ1v) is 7.56. The predicted octanol–water partition coefficient (Wildman–Crippen LogP) is 4.35. The van der Waals surface area contributed by atoms with E-state index < -0.39 is 0 Å². The molecule has 1 saturated heterocycles. The summed E-state index contributed by atoms with van der Waals surface area (Å²) in [5.74, 6) is -0.179. The average Bonchev–Trinajstić information content (AvgIpc) is 3.03. The van der Waals surface area contributed by atoms with Crippen LogP contribution in [0.2, 0.25) is 0 Å². The molecule has 0 aliphatic carbocycles. The summed E-state index contributed by atoms with van der Waals surface area (Å²) < 4.78 is 13.3. The smallest absolute Gasteiger partial charge is 0.123 e. The predicted molar refractivity (Wildman–Crippen MR) is 86.4 cm³/mol. The number of nitrogens with zero attached hydrogens (tertiary/aromatic N) is 1. The Balaban J connectivity index is 1.64. The summed E-state index contributed by atoms with van der Waals surface area (Å²) in [6, 6.07) is 13.4. The number of hydrogen-bond donors (Lipinski definition) is 1. The van der Waals surface area contributed by atoms with E-state index >= 15 is 0 Å². The van der Waals surface area contributed by atoms with Crippen molar-refractivity contribution >= 4 is 11.4 Å². The topological polar surface area (TPSA) is 15.3 Å². The van der Waals surface area contributed by atoms with Crippen molar-refractivity contribution in [3.05, 3.63) is 59.4 Å². The van der Waals surface area contributed by atoms with Crippen LogP contribution in [0, 0.1) is 12.7 Å². The highest BCUT2D eigenvalue weighted by Crippen LogP contribution is 2.22. The standard InChI is InChI=1S/C18H21FN2/c1-14-4-5-16(19)12-15(14)13-20-17-6-8-18(9-7-17)21-10-2-3-11-21/h4-9,12,20H,2-3,10-11,13H2,1H3. The summed E-state index contributed by atoms with van der Waals surface area (Å²) in [4.78, 5) is 2.42. The van der Waals surface area contributed by atoms with Crippen LogP contribution >= 0.6 is 0 Å². The lowest BCUT2D eigenvalue weighted by Crippen LogP contribution is -2.17. The van der Waals surface area contributed by atoms with Crippen molar-refractivity contribution in [1.82, 2.24) is 0 Å². The normalized spacial score (nSPS) is 14.5. The minimum atomic E-state index is -0.179. The van der Waals surface area contributed by atoms with E-state index in [-0.39, 0.29) is 5.82 Å². The van der Waals surface area contributed by atoms with Gasteiger partial charge in [-0.15, -0.1) is 0 Å². The summed E-state index contributed by atoms with van der Waals surface area (Å²) >= 11 is 0. The van der Waals surface area contributed by atoms with E-state index in [2.05, 4.69) is 34.5 Å². The molecular weight excluding hydrogens is 263 g/mol. The van der Waals surface area contributed by atoms with Crippen LogP contribution in [0.4, 0.5) is 15.8 Å². The molecule has 0 saturated carbocycles. The van der Waals surface area contributed by atoms with Crippen molar-refractivity contribution < 1.29 is 4.39 Å². The fourth-order valence-electron chi connectivity index (χ4n) is 2.79. The number of hydrogen-bond acceptors (Lipinski definition) is 2.